The van der Waals surface area contributed by atoms with Crippen LogP contribution in [0.1, 0.15) is 11.3 Å². The van der Waals surface area contributed by atoms with Crippen LogP contribution in [0.2, 0.25) is 0 Å². The lowest BCUT2D eigenvalue weighted by Crippen LogP contribution is -2.08. The molecule has 0 radical (unpaired) electrons. The van der Waals surface area contributed by atoms with Crippen LogP contribution in [0, 0.1) is 0 Å². The molecule has 112 valence electrons. The number of hydrogen-bond donors (Lipinski definition) is 1. The number of nitrogens with one attached hydrogen (secondary N) is 1. The third-order valence-electron chi connectivity index (χ3n) is 2.79. The number of anilines is 1. The number of benzene rings is 1. The second kappa shape index (κ2) is 6.34. The van der Waals surface area contributed by atoms with Crippen LogP contribution in [0.5, 0.6) is 5.75 Å². The minimum absolute atomic E-state index is 0.435. The smallest absolute Gasteiger partial charge is 0.433 e. The Balaban J connectivity index is 2.06. The zero-order valence-corrected chi connectivity index (χ0v) is 12.6. The molecule has 0 unspecified atom stereocenters. The van der Waals surface area contributed by atoms with E-state index in [2.05, 4.69) is 26.2 Å². The zero-order valence-electron chi connectivity index (χ0n) is 11.0. The molecule has 0 aliphatic rings. The fourth-order valence-corrected chi connectivity index (χ4v) is 2.06. The molecule has 1 heterocycles. The van der Waals surface area contributed by atoms with Gasteiger partial charge in [0.2, 0.25) is 0 Å². The third-order valence-corrected chi connectivity index (χ3v) is 3.56. The van der Waals surface area contributed by atoms with Crippen molar-refractivity contribution in [3.8, 4) is 5.75 Å². The molecule has 0 aliphatic heterocycles. The normalized spacial score (nSPS) is 11.3. The van der Waals surface area contributed by atoms with Gasteiger partial charge in [-0.15, -0.1) is 0 Å². The molecule has 3 nitrogen and oxygen atoms in total. The predicted molar refractivity (Wildman–Crippen MR) is 77.3 cm³/mol. The van der Waals surface area contributed by atoms with Crippen LogP contribution in [0.25, 0.3) is 0 Å². The number of pyridine rings is 1. The summed E-state index contributed by atoms with van der Waals surface area (Å²) in [5, 5.41) is 3.02. The molecule has 21 heavy (non-hydrogen) atoms. The lowest BCUT2D eigenvalue weighted by molar-refractivity contribution is -0.141. The van der Waals surface area contributed by atoms with E-state index in [1.807, 2.05) is 18.2 Å². The van der Waals surface area contributed by atoms with Gasteiger partial charge in [0.1, 0.15) is 11.4 Å². The van der Waals surface area contributed by atoms with E-state index in [-0.39, 0.29) is 0 Å². The summed E-state index contributed by atoms with van der Waals surface area (Å²) in [5.74, 6) is 0.709. The highest BCUT2D eigenvalue weighted by molar-refractivity contribution is 9.10. The van der Waals surface area contributed by atoms with Crippen LogP contribution in [-0.4, -0.2) is 12.1 Å². The van der Waals surface area contributed by atoms with E-state index in [4.69, 9.17) is 4.74 Å². The van der Waals surface area contributed by atoms with Crippen LogP contribution in [0.4, 0.5) is 18.9 Å². The Hall–Kier alpha value is -1.76. The minimum Gasteiger partial charge on any atom is -0.497 e. The molecule has 0 amide bonds. The third kappa shape index (κ3) is 4.10. The standard InChI is InChI=1S/C14H12BrF3N2O/c1-21-11-3-4-12(15)9(6-11)7-19-10-2-5-13(20-8-10)14(16,17)18/h2-6,8,19H,7H2,1H3. The average molecular weight is 361 g/mol. The number of hydrogen-bond acceptors (Lipinski definition) is 3. The van der Waals surface area contributed by atoms with Gasteiger partial charge in [-0.2, -0.15) is 13.2 Å². The van der Waals surface area contributed by atoms with Gasteiger partial charge in [0.05, 0.1) is 19.0 Å². The summed E-state index contributed by atoms with van der Waals surface area (Å²) in [6, 6.07) is 7.80. The van der Waals surface area contributed by atoms with Crippen molar-refractivity contribution in [3.05, 3.63) is 52.3 Å². The van der Waals surface area contributed by atoms with E-state index in [9.17, 15) is 13.2 Å². The Kier molecular flexibility index (Phi) is 4.72. The summed E-state index contributed by atoms with van der Waals surface area (Å²) in [7, 11) is 1.57. The van der Waals surface area contributed by atoms with Crippen molar-refractivity contribution in [1.29, 1.82) is 0 Å². The van der Waals surface area contributed by atoms with Gasteiger partial charge < -0.3 is 10.1 Å². The van der Waals surface area contributed by atoms with Crippen molar-refractivity contribution in [2.75, 3.05) is 12.4 Å². The lowest BCUT2D eigenvalue weighted by Gasteiger charge is -2.11. The number of ether oxygens (including phenoxy) is 1. The van der Waals surface area contributed by atoms with Gasteiger partial charge in [-0.1, -0.05) is 15.9 Å². The molecule has 1 aromatic heterocycles. The van der Waals surface area contributed by atoms with Crippen molar-refractivity contribution in [2.45, 2.75) is 12.7 Å². The van der Waals surface area contributed by atoms with E-state index in [1.54, 1.807) is 7.11 Å². The van der Waals surface area contributed by atoms with E-state index >= 15 is 0 Å². The van der Waals surface area contributed by atoms with Gasteiger partial charge in [-0.3, -0.25) is 0 Å². The molecule has 0 spiro atoms. The zero-order chi connectivity index (χ0) is 15.5. The summed E-state index contributed by atoms with van der Waals surface area (Å²) < 4.78 is 43.2. The maximum atomic E-state index is 12.4. The first-order valence-electron chi connectivity index (χ1n) is 5.99. The fraction of sp³-hybridized carbons (Fsp3) is 0.214. The van der Waals surface area contributed by atoms with Crippen LogP contribution < -0.4 is 10.1 Å². The molecule has 0 fully saturated rings. The number of nitrogens with zero attached hydrogens (tertiary/aromatic N) is 1. The number of alkyl halides is 3. The molecule has 0 saturated carbocycles. The van der Waals surface area contributed by atoms with Crippen molar-refractivity contribution in [2.24, 2.45) is 0 Å². The van der Waals surface area contributed by atoms with Crippen molar-refractivity contribution in [3.63, 3.8) is 0 Å². The molecule has 0 bridgehead atoms. The lowest BCUT2D eigenvalue weighted by atomic mass is 10.2. The summed E-state index contributed by atoms with van der Waals surface area (Å²) in [4.78, 5) is 3.39. The monoisotopic (exact) mass is 360 g/mol. The van der Waals surface area contributed by atoms with Crippen LogP contribution in [0.3, 0.4) is 0 Å². The maximum Gasteiger partial charge on any atom is 0.433 e. The first kappa shape index (κ1) is 15.6. The van der Waals surface area contributed by atoms with Crippen LogP contribution in [0.15, 0.2) is 41.0 Å². The molecular weight excluding hydrogens is 349 g/mol. The number of aromatic nitrogens is 1. The van der Waals surface area contributed by atoms with Crippen molar-refractivity contribution >= 4 is 21.6 Å². The van der Waals surface area contributed by atoms with E-state index in [1.165, 1.54) is 6.07 Å². The summed E-state index contributed by atoms with van der Waals surface area (Å²) in [6.07, 6.45) is -3.26. The Morgan fingerprint density at radius 3 is 2.57 bits per heavy atom. The SMILES string of the molecule is COc1ccc(Br)c(CNc2ccc(C(F)(F)F)nc2)c1. The first-order chi connectivity index (χ1) is 9.90. The van der Waals surface area contributed by atoms with E-state index < -0.39 is 11.9 Å². The second-order valence-corrected chi connectivity index (χ2v) is 5.10. The highest BCUT2D eigenvalue weighted by Crippen LogP contribution is 2.28. The predicted octanol–water partition coefficient (Wildman–Crippen LogP) is 4.48. The van der Waals surface area contributed by atoms with Gasteiger partial charge in [0.15, 0.2) is 0 Å². The van der Waals surface area contributed by atoms with Gasteiger partial charge in [0, 0.05) is 11.0 Å². The molecule has 2 rings (SSSR count). The Bertz CT molecular complexity index is 615. The quantitative estimate of drug-likeness (QED) is 0.872. The molecule has 1 aromatic carbocycles. The minimum atomic E-state index is -4.42. The molecule has 1 N–H and O–H groups in total. The second-order valence-electron chi connectivity index (χ2n) is 4.24. The Labute approximate surface area is 128 Å². The molecular formula is C14H12BrF3N2O. The fourth-order valence-electron chi connectivity index (χ4n) is 1.68. The average Bonchev–Trinajstić information content (AvgIpc) is 2.46. The molecule has 0 atom stereocenters. The Morgan fingerprint density at radius 2 is 2.00 bits per heavy atom. The largest absolute Gasteiger partial charge is 0.497 e. The molecule has 0 saturated heterocycles. The molecule has 7 heteroatoms. The van der Waals surface area contributed by atoms with Crippen LogP contribution >= 0.6 is 15.9 Å². The van der Waals surface area contributed by atoms with Gasteiger partial charge in [0.25, 0.3) is 0 Å². The summed E-state index contributed by atoms with van der Waals surface area (Å²) >= 11 is 3.41. The van der Waals surface area contributed by atoms with Gasteiger partial charge >= 0.3 is 6.18 Å². The topological polar surface area (TPSA) is 34.1 Å². The highest BCUT2D eigenvalue weighted by Gasteiger charge is 2.31. The van der Waals surface area contributed by atoms with E-state index in [0.717, 1.165) is 22.3 Å². The number of methoxy groups -OCH3 is 1. The summed E-state index contributed by atoms with van der Waals surface area (Å²) in [6.45, 7) is 0.435. The number of rotatable bonds is 4. The first-order valence-corrected chi connectivity index (χ1v) is 6.79. The van der Waals surface area contributed by atoms with Crippen LogP contribution in [-0.2, 0) is 12.7 Å². The highest BCUT2D eigenvalue weighted by atomic mass is 79.9. The maximum absolute atomic E-state index is 12.4. The van der Waals surface area contributed by atoms with Crippen molar-refractivity contribution < 1.29 is 17.9 Å². The van der Waals surface area contributed by atoms with Gasteiger partial charge in [-0.25, -0.2) is 4.98 Å². The van der Waals surface area contributed by atoms with E-state index in [0.29, 0.717) is 18.0 Å². The van der Waals surface area contributed by atoms with Gasteiger partial charge in [-0.05, 0) is 35.9 Å². The molecule has 0 aliphatic carbocycles. The molecule has 2 aromatic rings. The Morgan fingerprint density at radius 1 is 1.24 bits per heavy atom. The number of halogens is 4. The van der Waals surface area contributed by atoms with Crippen molar-refractivity contribution in [1.82, 2.24) is 4.98 Å². The summed E-state index contributed by atoms with van der Waals surface area (Å²) in [5.41, 5.74) is 0.530.